The standard InChI is InChI=1S/C27H36N2O6/c1-8-17(9-2)24(30)21(15-18-11-10-12-22(28-18)25(31)34-7)20-14-13-19(33-6)16-23(20)29-26(32)35-27(3,4)5/h10-14,16-17,21H,8-9,15H2,1-7H3,(H,29,32). The summed E-state index contributed by atoms with van der Waals surface area (Å²) in [5.41, 5.74) is 1.09. The van der Waals surface area contributed by atoms with Gasteiger partial charge in [-0.1, -0.05) is 26.0 Å². The Morgan fingerprint density at radius 3 is 2.29 bits per heavy atom. The third-order valence-electron chi connectivity index (χ3n) is 5.62. The monoisotopic (exact) mass is 484 g/mol. The Morgan fingerprint density at radius 2 is 1.71 bits per heavy atom. The summed E-state index contributed by atoms with van der Waals surface area (Å²) < 4.78 is 15.6. The Bertz CT molecular complexity index is 1040. The maximum Gasteiger partial charge on any atom is 0.412 e. The average Bonchev–Trinajstić information content (AvgIpc) is 2.81. The lowest BCUT2D eigenvalue weighted by Crippen LogP contribution is -2.29. The molecule has 2 rings (SSSR count). The van der Waals surface area contributed by atoms with Crippen LogP contribution in [0.1, 0.15) is 75.1 Å². The van der Waals surface area contributed by atoms with Gasteiger partial charge in [-0.25, -0.2) is 14.6 Å². The maximum atomic E-state index is 13.7. The number of ketones is 1. The van der Waals surface area contributed by atoms with Crippen molar-refractivity contribution in [1.29, 1.82) is 0 Å². The van der Waals surface area contributed by atoms with Crippen molar-refractivity contribution in [3.8, 4) is 5.75 Å². The molecule has 0 bridgehead atoms. The highest BCUT2D eigenvalue weighted by Crippen LogP contribution is 2.34. The first-order valence-electron chi connectivity index (χ1n) is 11.8. The minimum absolute atomic E-state index is 0.0395. The molecule has 1 aromatic heterocycles. The van der Waals surface area contributed by atoms with Crippen LogP contribution in [0.5, 0.6) is 5.75 Å². The third kappa shape index (κ3) is 7.80. The first-order chi connectivity index (χ1) is 16.5. The lowest BCUT2D eigenvalue weighted by molar-refractivity contribution is -0.124. The molecule has 0 spiro atoms. The van der Waals surface area contributed by atoms with Crippen molar-refractivity contribution in [2.24, 2.45) is 5.92 Å². The van der Waals surface area contributed by atoms with Crippen LogP contribution in [0.2, 0.25) is 0 Å². The van der Waals surface area contributed by atoms with E-state index in [0.29, 0.717) is 35.5 Å². The van der Waals surface area contributed by atoms with Gasteiger partial charge in [0.05, 0.1) is 25.8 Å². The molecular formula is C27H36N2O6. The molecule has 1 N–H and O–H groups in total. The van der Waals surface area contributed by atoms with E-state index in [-0.39, 0.29) is 23.8 Å². The van der Waals surface area contributed by atoms with Crippen LogP contribution in [0.15, 0.2) is 36.4 Å². The van der Waals surface area contributed by atoms with E-state index in [0.717, 1.165) is 0 Å². The average molecular weight is 485 g/mol. The van der Waals surface area contributed by atoms with Crippen molar-refractivity contribution in [2.45, 2.75) is 65.4 Å². The number of benzene rings is 1. The van der Waals surface area contributed by atoms with Gasteiger partial charge < -0.3 is 14.2 Å². The van der Waals surface area contributed by atoms with E-state index in [1.807, 2.05) is 13.8 Å². The van der Waals surface area contributed by atoms with Crippen molar-refractivity contribution in [3.63, 3.8) is 0 Å². The topological polar surface area (TPSA) is 104 Å². The zero-order chi connectivity index (χ0) is 26.2. The van der Waals surface area contributed by atoms with Crippen molar-refractivity contribution >= 4 is 23.5 Å². The van der Waals surface area contributed by atoms with Gasteiger partial charge in [-0.05, 0) is 57.4 Å². The largest absolute Gasteiger partial charge is 0.497 e. The maximum absolute atomic E-state index is 13.7. The first-order valence-corrected chi connectivity index (χ1v) is 11.8. The van der Waals surface area contributed by atoms with Gasteiger partial charge in [0.25, 0.3) is 0 Å². The van der Waals surface area contributed by atoms with Crippen molar-refractivity contribution in [1.82, 2.24) is 4.98 Å². The van der Waals surface area contributed by atoms with Crippen LogP contribution >= 0.6 is 0 Å². The lowest BCUT2D eigenvalue weighted by Gasteiger charge is -2.25. The van der Waals surface area contributed by atoms with Crippen LogP contribution in [0.3, 0.4) is 0 Å². The quantitative estimate of drug-likeness (QED) is 0.441. The van der Waals surface area contributed by atoms with E-state index < -0.39 is 23.6 Å². The Hall–Kier alpha value is -3.42. The summed E-state index contributed by atoms with van der Waals surface area (Å²) >= 11 is 0. The molecule has 8 nitrogen and oxygen atoms in total. The fourth-order valence-corrected chi connectivity index (χ4v) is 3.85. The number of carbonyl (C=O) groups is 3. The molecule has 8 heteroatoms. The first kappa shape index (κ1) is 27.8. The van der Waals surface area contributed by atoms with E-state index in [2.05, 4.69) is 10.3 Å². The molecule has 0 fully saturated rings. The second-order valence-corrected chi connectivity index (χ2v) is 9.26. The zero-order valence-electron chi connectivity index (χ0n) is 21.6. The fraction of sp³-hybridized carbons (Fsp3) is 0.481. The number of nitrogens with zero attached hydrogens (tertiary/aromatic N) is 1. The molecule has 1 atom stereocenters. The van der Waals surface area contributed by atoms with Gasteiger partial charge in [-0.2, -0.15) is 0 Å². The summed E-state index contributed by atoms with van der Waals surface area (Å²) in [4.78, 5) is 42.7. The number of amides is 1. The number of rotatable bonds is 10. The fourth-order valence-electron chi connectivity index (χ4n) is 3.85. The highest BCUT2D eigenvalue weighted by Gasteiger charge is 2.30. The minimum Gasteiger partial charge on any atom is -0.497 e. The van der Waals surface area contributed by atoms with Crippen LogP contribution in [0.25, 0.3) is 0 Å². The van der Waals surface area contributed by atoms with E-state index in [1.54, 1.807) is 57.2 Å². The molecule has 0 saturated heterocycles. The molecule has 35 heavy (non-hydrogen) atoms. The van der Waals surface area contributed by atoms with Crippen LogP contribution in [0, 0.1) is 5.92 Å². The number of hydrogen-bond acceptors (Lipinski definition) is 7. The molecule has 1 amide bonds. The highest BCUT2D eigenvalue weighted by atomic mass is 16.6. The lowest BCUT2D eigenvalue weighted by atomic mass is 9.81. The summed E-state index contributed by atoms with van der Waals surface area (Å²) in [7, 11) is 2.82. The van der Waals surface area contributed by atoms with Crippen LogP contribution in [-0.4, -0.2) is 42.7 Å². The summed E-state index contributed by atoms with van der Waals surface area (Å²) in [6.45, 7) is 9.29. The van der Waals surface area contributed by atoms with Crippen LogP contribution < -0.4 is 10.1 Å². The molecule has 0 aliphatic heterocycles. The summed E-state index contributed by atoms with van der Waals surface area (Å²) in [5.74, 6) is -0.764. The van der Waals surface area contributed by atoms with Gasteiger partial charge in [-0.3, -0.25) is 10.1 Å². The molecule has 1 heterocycles. The Balaban J connectivity index is 2.56. The van der Waals surface area contributed by atoms with Gasteiger partial charge in [0.15, 0.2) is 0 Å². The van der Waals surface area contributed by atoms with E-state index in [4.69, 9.17) is 14.2 Å². The molecule has 0 saturated carbocycles. The number of nitrogens with one attached hydrogen (secondary N) is 1. The number of pyridine rings is 1. The summed E-state index contributed by atoms with van der Waals surface area (Å²) in [6, 6.07) is 10.2. The number of esters is 1. The van der Waals surface area contributed by atoms with Gasteiger partial charge in [0.1, 0.15) is 22.8 Å². The number of ether oxygens (including phenoxy) is 3. The third-order valence-corrected chi connectivity index (χ3v) is 5.62. The van der Waals surface area contributed by atoms with Crippen molar-refractivity contribution in [3.05, 3.63) is 53.3 Å². The smallest absolute Gasteiger partial charge is 0.412 e. The Morgan fingerprint density at radius 1 is 1.03 bits per heavy atom. The van der Waals surface area contributed by atoms with Crippen LogP contribution in [0.4, 0.5) is 10.5 Å². The van der Waals surface area contributed by atoms with Gasteiger partial charge in [0, 0.05) is 24.1 Å². The number of aromatic nitrogens is 1. The summed E-state index contributed by atoms with van der Waals surface area (Å²) in [6.07, 6.45) is 0.987. The minimum atomic E-state index is -0.688. The van der Waals surface area contributed by atoms with Crippen LogP contribution in [-0.2, 0) is 20.7 Å². The van der Waals surface area contributed by atoms with Crippen molar-refractivity contribution < 1.29 is 28.6 Å². The van der Waals surface area contributed by atoms with E-state index in [9.17, 15) is 14.4 Å². The predicted octanol–water partition coefficient (Wildman–Crippen LogP) is 5.56. The molecule has 190 valence electrons. The van der Waals surface area contributed by atoms with E-state index in [1.165, 1.54) is 14.2 Å². The molecule has 1 unspecified atom stereocenters. The number of Topliss-reactive ketones (excluding diaryl/α,β-unsaturated/α-hetero) is 1. The number of methoxy groups -OCH3 is 2. The summed E-state index contributed by atoms with van der Waals surface area (Å²) in [5, 5.41) is 2.79. The molecule has 1 aromatic carbocycles. The Kier molecular flexibility index (Phi) is 9.80. The molecule has 2 aromatic rings. The number of anilines is 1. The normalized spacial score (nSPS) is 12.1. The van der Waals surface area contributed by atoms with Gasteiger partial charge in [-0.15, -0.1) is 0 Å². The Labute approximate surface area is 207 Å². The predicted molar refractivity (Wildman–Crippen MR) is 134 cm³/mol. The SMILES string of the molecule is CCC(CC)C(=O)C(Cc1cccc(C(=O)OC)n1)c1ccc(OC)cc1NC(=O)OC(C)(C)C. The molecule has 0 aliphatic rings. The second-order valence-electron chi connectivity index (χ2n) is 9.26. The second kappa shape index (κ2) is 12.3. The molecule has 0 aliphatic carbocycles. The number of carbonyl (C=O) groups excluding carboxylic acids is 3. The van der Waals surface area contributed by atoms with Crippen molar-refractivity contribution in [2.75, 3.05) is 19.5 Å². The molecule has 0 radical (unpaired) electrons. The van der Waals surface area contributed by atoms with Gasteiger partial charge >= 0.3 is 12.1 Å². The molecular weight excluding hydrogens is 448 g/mol. The van der Waals surface area contributed by atoms with E-state index >= 15 is 0 Å². The number of hydrogen-bond donors (Lipinski definition) is 1. The zero-order valence-corrected chi connectivity index (χ0v) is 21.6. The van der Waals surface area contributed by atoms with Gasteiger partial charge in [0.2, 0.25) is 0 Å². The highest BCUT2D eigenvalue weighted by molar-refractivity contribution is 5.93.